The van der Waals surface area contributed by atoms with Crippen molar-refractivity contribution in [1.82, 2.24) is 14.9 Å². The molecule has 0 aliphatic carbocycles. The van der Waals surface area contributed by atoms with Gasteiger partial charge in [-0.3, -0.25) is 14.7 Å². The van der Waals surface area contributed by atoms with E-state index >= 15 is 4.39 Å². The van der Waals surface area contributed by atoms with E-state index in [-0.39, 0.29) is 16.5 Å². The van der Waals surface area contributed by atoms with Crippen molar-refractivity contribution in [2.75, 3.05) is 42.5 Å². The number of nitro groups is 1. The first-order valence-corrected chi connectivity index (χ1v) is 11.1. The van der Waals surface area contributed by atoms with Gasteiger partial charge < -0.3 is 15.1 Å². The maximum Gasteiger partial charge on any atom is 0.290 e. The zero-order valence-electron chi connectivity index (χ0n) is 18.0. The van der Waals surface area contributed by atoms with Crippen LogP contribution in [0.2, 0.25) is 5.02 Å². The monoisotopic (exact) mass is 468 g/mol. The first-order chi connectivity index (χ1) is 15.9. The van der Waals surface area contributed by atoms with Crippen LogP contribution in [0.1, 0.15) is 12.5 Å². The molecule has 5 rings (SSSR count). The van der Waals surface area contributed by atoms with Crippen LogP contribution in [0.4, 0.5) is 21.5 Å². The van der Waals surface area contributed by atoms with Crippen molar-refractivity contribution < 1.29 is 9.31 Å². The molecule has 10 heteroatoms. The third-order valence-electron chi connectivity index (χ3n) is 6.16. The lowest BCUT2D eigenvalue weighted by atomic mass is 9.97. The summed E-state index contributed by atoms with van der Waals surface area (Å²) in [4.78, 5) is 19.1. The van der Waals surface area contributed by atoms with E-state index < -0.39 is 4.92 Å². The molecule has 33 heavy (non-hydrogen) atoms. The fourth-order valence-corrected chi connectivity index (χ4v) is 4.66. The Kier molecular flexibility index (Phi) is 5.30. The van der Waals surface area contributed by atoms with Crippen LogP contribution in [0.5, 0.6) is 0 Å². The van der Waals surface area contributed by atoms with Crippen molar-refractivity contribution in [3.63, 3.8) is 0 Å². The predicted molar refractivity (Wildman–Crippen MR) is 129 cm³/mol. The van der Waals surface area contributed by atoms with Crippen LogP contribution >= 0.6 is 11.6 Å². The Hall–Kier alpha value is -3.43. The molecule has 170 valence electrons. The van der Waals surface area contributed by atoms with Crippen molar-refractivity contribution in [2.24, 2.45) is 0 Å². The highest BCUT2D eigenvalue weighted by Crippen LogP contribution is 2.42. The summed E-state index contributed by atoms with van der Waals surface area (Å²) in [6, 6.07) is 6.31. The summed E-state index contributed by atoms with van der Waals surface area (Å²) in [6.45, 7) is 10.1. The van der Waals surface area contributed by atoms with Gasteiger partial charge in [0.25, 0.3) is 5.69 Å². The first kappa shape index (κ1) is 21.4. The molecule has 1 saturated heterocycles. The Labute approximate surface area is 194 Å². The van der Waals surface area contributed by atoms with E-state index in [1.807, 2.05) is 24.1 Å². The van der Waals surface area contributed by atoms with Crippen LogP contribution < -0.4 is 15.1 Å². The molecule has 2 aliphatic rings. The van der Waals surface area contributed by atoms with Crippen LogP contribution in [0.15, 0.2) is 43.4 Å². The number of benzene rings is 2. The highest BCUT2D eigenvalue weighted by Gasteiger charge is 2.27. The average Bonchev–Trinajstić information content (AvgIpc) is 3.21. The number of hydrogen-bond acceptors (Lipinski definition) is 6. The zero-order valence-corrected chi connectivity index (χ0v) is 18.8. The molecule has 1 fully saturated rings. The maximum absolute atomic E-state index is 15.2. The minimum Gasteiger partial charge on any atom is -0.367 e. The van der Waals surface area contributed by atoms with Gasteiger partial charge >= 0.3 is 0 Å². The number of nitrogens with zero attached hydrogens (tertiary/aromatic N) is 5. The zero-order chi connectivity index (χ0) is 23.3. The largest absolute Gasteiger partial charge is 0.367 e. The number of nitrogens with one attached hydrogen (secondary N) is 1. The van der Waals surface area contributed by atoms with E-state index in [1.54, 1.807) is 17.0 Å². The third-order valence-corrected chi connectivity index (χ3v) is 6.46. The number of anilines is 2. The Balaban J connectivity index is 1.60. The highest BCUT2D eigenvalue weighted by molar-refractivity contribution is 6.33. The molecular formula is C23H22ClFN6O2. The van der Waals surface area contributed by atoms with E-state index in [0.29, 0.717) is 40.1 Å². The summed E-state index contributed by atoms with van der Waals surface area (Å²) >= 11 is 6.16. The Morgan fingerprint density at radius 2 is 2.00 bits per heavy atom. The van der Waals surface area contributed by atoms with Gasteiger partial charge in [-0.15, -0.1) is 0 Å². The molecule has 3 heterocycles. The van der Waals surface area contributed by atoms with Gasteiger partial charge in [-0.25, -0.2) is 9.37 Å². The molecule has 0 bridgehead atoms. The number of rotatable bonds is 4. The molecule has 0 spiro atoms. The fourth-order valence-electron chi connectivity index (χ4n) is 4.43. The molecule has 2 aromatic carbocycles. The molecule has 3 aromatic rings. The van der Waals surface area contributed by atoms with E-state index in [1.165, 1.54) is 12.1 Å². The summed E-state index contributed by atoms with van der Waals surface area (Å²) in [5.74, 6) is -0.289. The smallest absolute Gasteiger partial charge is 0.290 e. The van der Waals surface area contributed by atoms with Crippen LogP contribution in [0.25, 0.3) is 22.3 Å². The fraction of sp³-hybridized carbons (Fsp3) is 0.261. The number of nitro benzene ring substituents is 1. The summed E-state index contributed by atoms with van der Waals surface area (Å²) in [5, 5.41) is 14.5. The normalized spacial score (nSPS) is 16.2. The minimum atomic E-state index is -0.534. The second-order valence-electron chi connectivity index (χ2n) is 8.00. The minimum absolute atomic E-state index is 0.0238. The number of allylic oxidation sites excluding steroid dienone is 2. The van der Waals surface area contributed by atoms with Crippen molar-refractivity contribution >= 4 is 51.0 Å². The van der Waals surface area contributed by atoms with Crippen LogP contribution in [-0.4, -0.2) is 47.2 Å². The van der Waals surface area contributed by atoms with Crippen LogP contribution in [-0.2, 0) is 0 Å². The van der Waals surface area contributed by atoms with Gasteiger partial charge in [0.15, 0.2) is 0 Å². The lowest BCUT2D eigenvalue weighted by molar-refractivity contribution is -0.384. The molecule has 0 unspecified atom stereocenters. The Morgan fingerprint density at radius 1 is 1.24 bits per heavy atom. The van der Waals surface area contributed by atoms with Crippen LogP contribution in [0, 0.1) is 15.9 Å². The van der Waals surface area contributed by atoms with Gasteiger partial charge in [-0.2, -0.15) is 0 Å². The average molecular weight is 469 g/mol. The van der Waals surface area contributed by atoms with Gasteiger partial charge in [0.1, 0.15) is 17.2 Å². The molecule has 0 radical (unpaired) electrons. The number of imidazole rings is 1. The van der Waals surface area contributed by atoms with Gasteiger partial charge in [-0.1, -0.05) is 18.2 Å². The van der Waals surface area contributed by atoms with Gasteiger partial charge in [0.2, 0.25) is 0 Å². The second kappa shape index (κ2) is 8.17. The van der Waals surface area contributed by atoms with Crippen molar-refractivity contribution in [1.29, 1.82) is 0 Å². The van der Waals surface area contributed by atoms with Crippen molar-refractivity contribution in [3.8, 4) is 0 Å². The van der Waals surface area contributed by atoms with E-state index in [9.17, 15) is 10.1 Å². The topological polar surface area (TPSA) is 79.5 Å². The SMILES string of the molecule is C=C1C(n2cnc3cc([N+](=O)[O-])c(Cl)cc32)=CN(CC)c2cc(N3CCNCC3)c(F)cc21. The van der Waals surface area contributed by atoms with Crippen molar-refractivity contribution in [2.45, 2.75) is 6.92 Å². The molecule has 2 aliphatic heterocycles. The number of halogens is 2. The summed E-state index contributed by atoms with van der Waals surface area (Å²) in [6.07, 6.45) is 3.52. The van der Waals surface area contributed by atoms with Gasteiger partial charge in [0, 0.05) is 56.1 Å². The lowest BCUT2D eigenvalue weighted by Crippen LogP contribution is -2.44. The van der Waals surface area contributed by atoms with Gasteiger partial charge in [-0.05, 0) is 25.1 Å². The van der Waals surface area contributed by atoms with E-state index in [2.05, 4.69) is 21.8 Å². The molecule has 0 atom stereocenters. The lowest BCUT2D eigenvalue weighted by Gasteiger charge is -2.34. The van der Waals surface area contributed by atoms with Crippen molar-refractivity contribution in [3.05, 3.63) is 69.9 Å². The maximum atomic E-state index is 15.2. The summed E-state index contributed by atoms with van der Waals surface area (Å²) in [7, 11) is 0. The second-order valence-corrected chi connectivity index (χ2v) is 8.41. The molecule has 1 aromatic heterocycles. The quantitative estimate of drug-likeness (QED) is 0.448. The highest BCUT2D eigenvalue weighted by atomic mass is 35.5. The first-order valence-electron chi connectivity index (χ1n) is 10.7. The standard InChI is InChI=1S/C23H22ClFN6O2/c1-3-28-12-23(30-13-27-18-10-20(31(32)33)16(24)9-22(18)30)14(2)15-8-17(25)21(11-19(15)28)29-6-4-26-5-7-29/h8-13,26H,2-7H2,1H3. The molecule has 0 saturated carbocycles. The molecular weight excluding hydrogens is 447 g/mol. The number of hydrogen-bond donors (Lipinski definition) is 1. The van der Waals surface area contributed by atoms with Crippen LogP contribution in [0.3, 0.4) is 0 Å². The van der Waals surface area contributed by atoms with E-state index in [0.717, 1.165) is 31.9 Å². The molecule has 8 nitrogen and oxygen atoms in total. The number of fused-ring (bicyclic) bond motifs is 2. The summed E-state index contributed by atoms with van der Waals surface area (Å²) in [5.41, 5.74) is 4.35. The Morgan fingerprint density at radius 3 is 2.70 bits per heavy atom. The molecule has 0 amide bonds. The number of piperazine rings is 1. The summed E-state index contributed by atoms with van der Waals surface area (Å²) < 4.78 is 17.0. The Bertz CT molecular complexity index is 1330. The predicted octanol–water partition coefficient (Wildman–Crippen LogP) is 4.50. The van der Waals surface area contributed by atoms with Gasteiger partial charge in [0.05, 0.1) is 33.0 Å². The number of aromatic nitrogens is 2. The third kappa shape index (κ3) is 3.53. The molecule has 1 N–H and O–H groups in total. The van der Waals surface area contributed by atoms with E-state index in [4.69, 9.17) is 11.6 Å².